The number of hydrogen-bond donors (Lipinski definition) is 2. The topological polar surface area (TPSA) is 140 Å². The van der Waals surface area contributed by atoms with Crippen molar-refractivity contribution in [1.82, 2.24) is 3.97 Å². The van der Waals surface area contributed by atoms with Crippen LogP contribution in [0.2, 0.25) is 0 Å². The fourth-order valence-electron chi connectivity index (χ4n) is 2.80. The van der Waals surface area contributed by atoms with E-state index in [1.54, 1.807) is 6.07 Å². The van der Waals surface area contributed by atoms with E-state index in [1.165, 1.54) is 36.4 Å². The third kappa shape index (κ3) is 3.67. The molecule has 0 aliphatic rings. The van der Waals surface area contributed by atoms with E-state index in [4.69, 9.17) is 0 Å². The fraction of sp³-hybridized carbons (Fsp3) is 0.0500. The molecule has 0 amide bonds. The lowest BCUT2D eigenvalue weighted by Crippen LogP contribution is -2.12. The molecule has 0 atom stereocenters. The molecule has 0 aliphatic carbocycles. The minimum absolute atomic E-state index is 0.0216. The van der Waals surface area contributed by atoms with Crippen molar-refractivity contribution in [3.63, 3.8) is 0 Å². The molecule has 3 rings (SSSR count). The van der Waals surface area contributed by atoms with Crippen molar-refractivity contribution in [3.05, 3.63) is 77.7 Å². The Morgan fingerprint density at radius 3 is 2.30 bits per heavy atom. The number of aromatic nitrogens is 1. The van der Waals surface area contributed by atoms with Crippen LogP contribution >= 0.6 is 0 Å². The quantitative estimate of drug-likeness (QED) is 0.263. The van der Waals surface area contributed by atoms with Crippen molar-refractivity contribution < 1.29 is 37.8 Å². The van der Waals surface area contributed by atoms with E-state index >= 15 is 0 Å². The molecule has 0 radical (unpaired) electrons. The third-order valence-electron chi connectivity index (χ3n) is 4.25. The molecule has 154 valence electrons. The number of allylic oxidation sites excluding steroid dienone is 1. The van der Waals surface area contributed by atoms with Crippen LogP contribution in [0.3, 0.4) is 0 Å². The maximum absolute atomic E-state index is 13.1. The first-order valence-electron chi connectivity index (χ1n) is 8.39. The Morgan fingerprint density at radius 1 is 1.03 bits per heavy atom. The van der Waals surface area contributed by atoms with Crippen LogP contribution in [0.25, 0.3) is 10.9 Å². The van der Waals surface area contributed by atoms with Gasteiger partial charge in [-0.15, -0.1) is 0 Å². The first-order chi connectivity index (χ1) is 14.2. The lowest BCUT2D eigenvalue weighted by Gasteiger charge is -2.07. The molecular weight excluding hydrogens is 414 g/mol. The number of ether oxygens (including phenoxy) is 1. The molecule has 0 bridgehead atoms. The van der Waals surface area contributed by atoms with Crippen molar-refractivity contribution in [2.24, 2.45) is 0 Å². The van der Waals surface area contributed by atoms with E-state index in [2.05, 4.69) is 4.74 Å². The normalized spacial score (nSPS) is 12.0. The molecule has 0 saturated heterocycles. The van der Waals surface area contributed by atoms with Gasteiger partial charge in [-0.1, -0.05) is 18.2 Å². The number of hydrogen-bond acceptors (Lipinski definition) is 7. The monoisotopic (exact) mass is 429 g/mol. The van der Waals surface area contributed by atoms with Gasteiger partial charge in [0.2, 0.25) is 5.76 Å². The number of aromatic carboxylic acids is 1. The minimum Gasteiger partial charge on any atom is -0.502 e. The summed E-state index contributed by atoms with van der Waals surface area (Å²) in [6, 6.07) is 11.1. The molecule has 3 aromatic rings. The number of ketones is 1. The van der Waals surface area contributed by atoms with E-state index in [0.29, 0.717) is 6.08 Å². The predicted octanol–water partition coefficient (Wildman–Crippen LogP) is 2.37. The smallest absolute Gasteiger partial charge is 0.373 e. The predicted molar refractivity (Wildman–Crippen MR) is 105 cm³/mol. The Morgan fingerprint density at radius 2 is 1.70 bits per heavy atom. The zero-order chi connectivity index (χ0) is 22.1. The van der Waals surface area contributed by atoms with Crippen LogP contribution in [0, 0.1) is 0 Å². The van der Waals surface area contributed by atoms with Crippen molar-refractivity contribution in [2.75, 3.05) is 7.11 Å². The lowest BCUT2D eigenvalue weighted by atomic mass is 10.1. The number of carbonyl (C=O) groups is 3. The molecular formula is C20H15NO8S. The van der Waals surface area contributed by atoms with Gasteiger partial charge in [-0.05, 0) is 30.3 Å². The van der Waals surface area contributed by atoms with Crippen LogP contribution < -0.4 is 0 Å². The molecule has 1 aromatic heterocycles. The molecule has 0 fully saturated rings. The average Bonchev–Trinajstić information content (AvgIpc) is 3.13. The Balaban J connectivity index is 2.28. The number of aliphatic hydroxyl groups excluding tert-OH is 1. The van der Waals surface area contributed by atoms with Crippen LogP contribution in [-0.2, 0) is 19.6 Å². The highest BCUT2D eigenvalue weighted by molar-refractivity contribution is 7.90. The maximum atomic E-state index is 13.1. The largest absolute Gasteiger partial charge is 0.502 e. The highest BCUT2D eigenvalue weighted by atomic mass is 32.2. The van der Waals surface area contributed by atoms with Gasteiger partial charge in [0.05, 0.1) is 23.1 Å². The number of esters is 1. The second kappa shape index (κ2) is 7.84. The molecule has 30 heavy (non-hydrogen) atoms. The number of fused-ring (bicyclic) bond motifs is 1. The highest BCUT2D eigenvalue weighted by Gasteiger charge is 2.24. The van der Waals surface area contributed by atoms with E-state index in [-0.39, 0.29) is 26.9 Å². The van der Waals surface area contributed by atoms with Gasteiger partial charge in [0.25, 0.3) is 10.0 Å². The number of carboxylic acid groups (broad SMARTS) is 1. The van der Waals surface area contributed by atoms with Crippen molar-refractivity contribution >= 4 is 38.6 Å². The average molecular weight is 429 g/mol. The number of aliphatic hydroxyl groups is 1. The van der Waals surface area contributed by atoms with Gasteiger partial charge in [0, 0.05) is 23.2 Å². The first-order valence-corrected chi connectivity index (χ1v) is 9.83. The Labute approximate surface area is 170 Å². The summed E-state index contributed by atoms with van der Waals surface area (Å²) in [6.45, 7) is 0. The summed E-state index contributed by atoms with van der Waals surface area (Å²) in [4.78, 5) is 35.3. The summed E-state index contributed by atoms with van der Waals surface area (Å²) >= 11 is 0. The number of carboxylic acids is 1. The minimum atomic E-state index is -4.12. The molecule has 0 spiro atoms. The van der Waals surface area contributed by atoms with Crippen molar-refractivity contribution in [3.8, 4) is 0 Å². The number of methoxy groups -OCH3 is 1. The molecule has 10 heteroatoms. The van der Waals surface area contributed by atoms with E-state index in [0.717, 1.165) is 23.3 Å². The number of carbonyl (C=O) groups excluding carboxylic acids is 2. The van der Waals surface area contributed by atoms with Crippen molar-refractivity contribution in [2.45, 2.75) is 4.90 Å². The standard InChI is InChI=1S/C20H15NO8S/c1-29-20(26)18(23)10-17(22)15-11-21(30(27,28)13-5-3-2-4-6-13)16-8-7-12(19(24)25)9-14(15)16/h2-11,23H,1H3,(H,24,25)/b18-10-. The Kier molecular flexibility index (Phi) is 5.43. The summed E-state index contributed by atoms with van der Waals surface area (Å²) in [6.07, 6.45) is 1.59. The van der Waals surface area contributed by atoms with Gasteiger partial charge in [0.1, 0.15) is 0 Å². The second-order valence-corrected chi connectivity index (χ2v) is 7.89. The van der Waals surface area contributed by atoms with Gasteiger partial charge >= 0.3 is 11.9 Å². The number of nitrogens with zero attached hydrogens (tertiary/aromatic N) is 1. The second-order valence-electron chi connectivity index (χ2n) is 6.08. The van der Waals surface area contributed by atoms with Gasteiger partial charge in [-0.25, -0.2) is 22.0 Å². The summed E-state index contributed by atoms with van der Waals surface area (Å²) in [5, 5.41) is 18.9. The SMILES string of the molecule is COC(=O)/C(O)=C/C(=O)c1cn(S(=O)(=O)c2ccccc2)c2ccc(C(=O)O)cc12. The summed E-state index contributed by atoms with van der Waals surface area (Å²) in [5.41, 5.74) is -0.339. The zero-order valence-electron chi connectivity index (χ0n) is 15.5. The van der Waals surface area contributed by atoms with Crippen LogP contribution in [0.4, 0.5) is 0 Å². The van der Waals surface area contributed by atoms with E-state index < -0.39 is 33.5 Å². The molecule has 1 heterocycles. The fourth-order valence-corrected chi connectivity index (χ4v) is 4.19. The number of benzene rings is 2. The Hall–Kier alpha value is -3.92. The van der Waals surface area contributed by atoms with Crippen LogP contribution in [0.15, 0.2) is 71.5 Å². The molecule has 2 aromatic carbocycles. The summed E-state index contributed by atoms with van der Waals surface area (Å²) in [7, 11) is -3.11. The van der Waals surface area contributed by atoms with Gasteiger partial charge < -0.3 is 14.9 Å². The lowest BCUT2D eigenvalue weighted by molar-refractivity contribution is -0.139. The van der Waals surface area contributed by atoms with Gasteiger partial charge in [-0.2, -0.15) is 0 Å². The van der Waals surface area contributed by atoms with E-state index in [1.807, 2.05) is 0 Å². The number of rotatable bonds is 6. The Bertz CT molecular complexity index is 1300. The van der Waals surface area contributed by atoms with Gasteiger partial charge in [0.15, 0.2) is 5.78 Å². The zero-order valence-corrected chi connectivity index (χ0v) is 16.3. The summed E-state index contributed by atoms with van der Waals surface area (Å²) < 4.78 is 31.3. The maximum Gasteiger partial charge on any atom is 0.373 e. The third-order valence-corrected chi connectivity index (χ3v) is 5.93. The molecule has 0 unspecified atom stereocenters. The molecule has 2 N–H and O–H groups in total. The van der Waals surface area contributed by atoms with Crippen LogP contribution in [-0.4, -0.2) is 47.4 Å². The van der Waals surface area contributed by atoms with E-state index in [9.17, 15) is 33.0 Å². The van der Waals surface area contributed by atoms with Crippen LogP contribution in [0.1, 0.15) is 20.7 Å². The van der Waals surface area contributed by atoms with Gasteiger partial charge in [-0.3, -0.25) is 4.79 Å². The summed E-state index contributed by atoms with van der Waals surface area (Å²) in [5.74, 6) is -4.33. The van der Waals surface area contributed by atoms with Crippen molar-refractivity contribution in [1.29, 1.82) is 0 Å². The van der Waals surface area contributed by atoms with Crippen LogP contribution in [0.5, 0.6) is 0 Å². The molecule has 9 nitrogen and oxygen atoms in total. The molecule has 0 saturated carbocycles. The molecule has 0 aliphatic heterocycles. The first kappa shape index (κ1) is 20.8. The highest BCUT2D eigenvalue weighted by Crippen LogP contribution is 2.28.